The highest BCUT2D eigenvalue weighted by atomic mass is 16.5. The van der Waals surface area contributed by atoms with Crippen LogP contribution in [0.4, 0.5) is 0 Å². The number of hydrogen-bond donors (Lipinski definition) is 1. The second-order valence-electron chi connectivity index (χ2n) is 5.21. The number of rotatable bonds is 3. The van der Waals surface area contributed by atoms with Gasteiger partial charge >= 0.3 is 0 Å². The summed E-state index contributed by atoms with van der Waals surface area (Å²) >= 11 is 0. The Kier molecular flexibility index (Phi) is 3.26. The lowest BCUT2D eigenvalue weighted by Gasteiger charge is -2.07. The first-order valence-corrected chi connectivity index (χ1v) is 6.87. The van der Waals surface area contributed by atoms with E-state index in [9.17, 15) is 4.79 Å². The topological polar surface area (TPSA) is 42.1 Å². The third kappa shape index (κ3) is 2.11. The number of aromatic amines is 1. The zero-order valence-corrected chi connectivity index (χ0v) is 12.4. The number of benzene rings is 2. The number of nitrogens with one attached hydrogen (secondary N) is 1. The van der Waals surface area contributed by atoms with Crippen molar-refractivity contribution in [3.63, 3.8) is 0 Å². The summed E-state index contributed by atoms with van der Waals surface area (Å²) in [5.74, 6) is 0.846. The first-order valence-electron chi connectivity index (χ1n) is 6.87. The fraction of sp³-hybridized carbons (Fsp3) is 0.167. The first-order chi connectivity index (χ1) is 10.2. The third-order valence-corrected chi connectivity index (χ3v) is 3.88. The zero-order chi connectivity index (χ0) is 15.0. The Balaban J connectivity index is 2.27. The van der Waals surface area contributed by atoms with Crippen molar-refractivity contribution in [3.05, 3.63) is 53.1 Å². The van der Waals surface area contributed by atoms with E-state index in [2.05, 4.69) is 4.98 Å². The van der Waals surface area contributed by atoms with Crippen molar-refractivity contribution in [3.8, 4) is 17.0 Å². The maximum absolute atomic E-state index is 11.6. The molecule has 0 unspecified atom stereocenters. The summed E-state index contributed by atoms with van der Waals surface area (Å²) in [5.41, 5.74) is 5.75. The molecule has 1 heterocycles. The van der Waals surface area contributed by atoms with E-state index in [1.54, 1.807) is 7.11 Å². The van der Waals surface area contributed by atoms with Crippen LogP contribution in [-0.2, 0) is 0 Å². The second-order valence-corrected chi connectivity index (χ2v) is 5.21. The van der Waals surface area contributed by atoms with Crippen molar-refractivity contribution >= 4 is 17.2 Å². The van der Waals surface area contributed by atoms with E-state index in [4.69, 9.17) is 4.74 Å². The molecule has 0 bridgehead atoms. The molecule has 0 amide bonds. The molecule has 106 valence electrons. The predicted molar refractivity (Wildman–Crippen MR) is 85.1 cm³/mol. The highest BCUT2D eigenvalue weighted by Gasteiger charge is 2.14. The fourth-order valence-corrected chi connectivity index (χ4v) is 2.77. The lowest BCUT2D eigenvalue weighted by atomic mass is 10.0. The van der Waals surface area contributed by atoms with Crippen LogP contribution in [-0.4, -0.2) is 18.4 Å². The number of hydrogen-bond acceptors (Lipinski definition) is 2. The number of fused-ring (bicyclic) bond motifs is 1. The van der Waals surface area contributed by atoms with Crippen LogP contribution < -0.4 is 4.74 Å². The number of carbonyl (C=O) groups excluding carboxylic acids is 1. The van der Waals surface area contributed by atoms with Gasteiger partial charge < -0.3 is 9.72 Å². The predicted octanol–water partition coefficient (Wildman–Crippen LogP) is 4.27. The monoisotopic (exact) mass is 279 g/mol. The molecule has 1 N–H and O–H groups in total. The smallest absolute Gasteiger partial charge is 0.152 e. The average Bonchev–Trinajstić information content (AvgIpc) is 2.87. The SMILES string of the molecule is COc1ccc(-c2[nH]c3c(C)cccc3c2C=O)cc1C. The molecule has 2 aromatic carbocycles. The maximum Gasteiger partial charge on any atom is 0.152 e. The number of ether oxygens (including phenoxy) is 1. The van der Waals surface area contributed by atoms with Gasteiger partial charge in [0.05, 0.1) is 12.8 Å². The second kappa shape index (κ2) is 5.09. The third-order valence-electron chi connectivity index (χ3n) is 3.88. The molecule has 3 heteroatoms. The van der Waals surface area contributed by atoms with Crippen molar-refractivity contribution in [1.82, 2.24) is 4.98 Å². The molecule has 3 aromatic rings. The largest absolute Gasteiger partial charge is 0.496 e. The van der Waals surface area contributed by atoms with E-state index in [0.29, 0.717) is 5.56 Å². The van der Waals surface area contributed by atoms with Gasteiger partial charge in [0.25, 0.3) is 0 Å². The molecule has 0 spiro atoms. The Hall–Kier alpha value is -2.55. The van der Waals surface area contributed by atoms with Gasteiger partial charge in [0.15, 0.2) is 6.29 Å². The molecule has 0 saturated carbocycles. The van der Waals surface area contributed by atoms with E-state index >= 15 is 0 Å². The van der Waals surface area contributed by atoms with E-state index < -0.39 is 0 Å². The normalized spacial score (nSPS) is 10.8. The quantitative estimate of drug-likeness (QED) is 0.727. The Bertz CT molecular complexity index is 831. The van der Waals surface area contributed by atoms with Crippen molar-refractivity contribution < 1.29 is 9.53 Å². The molecule has 3 rings (SSSR count). The Labute approximate surface area is 123 Å². The number of para-hydroxylation sites is 1. The molecule has 0 aliphatic rings. The number of aromatic nitrogens is 1. The molecule has 0 radical (unpaired) electrons. The summed E-state index contributed by atoms with van der Waals surface area (Å²) in [6.07, 6.45) is 0.924. The summed E-state index contributed by atoms with van der Waals surface area (Å²) in [5, 5.41) is 0.966. The molecule has 1 aromatic heterocycles. The minimum atomic E-state index is 0.707. The van der Waals surface area contributed by atoms with Gasteiger partial charge in [-0.15, -0.1) is 0 Å². The first kappa shape index (κ1) is 13.4. The van der Waals surface area contributed by atoms with Gasteiger partial charge in [0.1, 0.15) is 5.75 Å². The van der Waals surface area contributed by atoms with Crippen LogP contribution in [0.15, 0.2) is 36.4 Å². The van der Waals surface area contributed by atoms with Gasteiger partial charge in [-0.2, -0.15) is 0 Å². The van der Waals surface area contributed by atoms with E-state index in [0.717, 1.165) is 45.3 Å². The summed E-state index contributed by atoms with van der Waals surface area (Å²) in [6, 6.07) is 11.9. The maximum atomic E-state index is 11.6. The summed E-state index contributed by atoms with van der Waals surface area (Å²) in [4.78, 5) is 14.9. The number of aryl methyl sites for hydroxylation is 2. The minimum Gasteiger partial charge on any atom is -0.496 e. The van der Waals surface area contributed by atoms with Crippen LogP contribution in [0, 0.1) is 13.8 Å². The number of carbonyl (C=O) groups is 1. The molecular formula is C18H17NO2. The molecular weight excluding hydrogens is 262 g/mol. The summed E-state index contributed by atoms with van der Waals surface area (Å²) in [6.45, 7) is 4.04. The van der Waals surface area contributed by atoms with Gasteiger partial charge in [-0.3, -0.25) is 4.79 Å². The highest BCUT2D eigenvalue weighted by Crippen LogP contribution is 2.32. The Morgan fingerprint density at radius 3 is 2.57 bits per heavy atom. The van der Waals surface area contributed by atoms with Gasteiger partial charge in [0, 0.05) is 16.5 Å². The lowest BCUT2D eigenvalue weighted by molar-refractivity contribution is 0.112. The summed E-state index contributed by atoms with van der Waals surface area (Å²) in [7, 11) is 1.66. The van der Waals surface area contributed by atoms with Gasteiger partial charge in [-0.25, -0.2) is 0 Å². The molecule has 0 fully saturated rings. The van der Waals surface area contributed by atoms with Crippen LogP contribution in [0.3, 0.4) is 0 Å². The van der Waals surface area contributed by atoms with Gasteiger partial charge in [-0.1, -0.05) is 18.2 Å². The van der Waals surface area contributed by atoms with Crippen LogP contribution in [0.2, 0.25) is 0 Å². The molecule has 0 atom stereocenters. The molecule has 21 heavy (non-hydrogen) atoms. The number of aldehydes is 1. The van der Waals surface area contributed by atoms with E-state index in [1.165, 1.54) is 0 Å². The van der Waals surface area contributed by atoms with Crippen LogP contribution >= 0.6 is 0 Å². The van der Waals surface area contributed by atoms with Crippen molar-refractivity contribution in [1.29, 1.82) is 0 Å². The van der Waals surface area contributed by atoms with Crippen LogP contribution in [0.5, 0.6) is 5.75 Å². The average molecular weight is 279 g/mol. The summed E-state index contributed by atoms with van der Waals surface area (Å²) < 4.78 is 5.29. The van der Waals surface area contributed by atoms with Crippen molar-refractivity contribution in [2.75, 3.05) is 7.11 Å². The number of H-pyrrole nitrogens is 1. The molecule has 3 nitrogen and oxygen atoms in total. The molecule has 0 aliphatic carbocycles. The Morgan fingerprint density at radius 2 is 1.90 bits per heavy atom. The fourth-order valence-electron chi connectivity index (χ4n) is 2.77. The van der Waals surface area contributed by atoms with Gasteiger partial charge in [0.2, 0.25) is 0 Å². The van der Waals surface area contributed by atoms with Crippen molar-refractivity contribution in [2.24, 2.45) is 0 Å². The zero-order valence-electron chi connectivity index (χ0n) is 12.4. The Morgan fingerprint density at radius 1 is 1.10 bits per heavy atom. The van der Waals surface area contributed by atoms with Crippen molar-refractivity contribution in [2.45, 2.75) is 13.8 Å². The standard InChI is InChI=1S/C18H17NO2/c1-11-5-4-6-14-15(10-20)18(19-17(11)14)13-7-8-16(21-3)12(2)9-13/h4-10,19H,1-3H3. The highest BCUT2D eigenvalue weighted by molar-refractivity contribution is 6.05. The van der Waals surface area contributed by atoms with E-state index in [-0.39, 0.29) is 0 Å². The van der Waals surface area contributed by atoms with E-state index in [1.807, 2.05) is 50.2 Å². The number of methoxy groups -OCH3 is 1. The van der Waals surface area contributed by atoms with Gasteiger partial charge in [-0.05, 0) is 48.7 Å². The molecule has 0 aliphatic heterocycles. The van der Waals surface area contributed by atoms with Crippen LogP contribution in [0.1, 0.15) is 21.5 Å². The lowest BCUT2D eigenvalue weighted by Crippen LogP contribution is -1.89. The molecule has 0 saturated heterocycles. The van der Waals surface area contributed by atoms with Crippen LogP contribution in [0.25, 0.3) is 22.2 Å². The minimum absolute atomic E-state index is 0.707.